The smallest absolute Gasteiger partial charge is 0.244 e. The van der Waals surface area contributed by atoms with Gasteiger partial charge in [-0.25, -0.2) is 0 Å². The molecule has 6 nitrogen and oxygen atoms in total. The summed E-state index contributed by atoms with van der Waals surface area (Å²) >= 11 is 0. The number of anilines is 1. The molecular formula is C12H15N5O. The van der Waals surface area contributed by atoms with E-state index in [0.29, 0.717) is 12.4 Å². The van der Waals surface area contributed by atoms with E-state index in [1.165, 1.54) is 4.68 Å². The number of nitrogens with two attached hydrogens (primary N) is 1. The number of likely N-dealkylation sites (N-methyl/N-ethyl adjacent to an activating group) is 1. The van der Waals surface area contributed by atoms with Crippen molar-refractivity contribution in [3.8, 4) is 0 Å². The van der Waals surface area contributed by atoms with E-state index in [1.807, 2.05) is 12.1 Å². The van der Waals surface area contributed by atoms with Crippen LogP contribution >= 0.6 is 0 Å². The lowest BCUT2D eigenvalue weighted by atomic mass is 10.3. The number of nitrogens with zero attached hydrogens (tertiary/aromatic N) is 4. The van der Waals surface area contributed by atoms with E-state index >= 15 is 0 Å². The molecule has 2 aromatic heterocycles. The molecule has 0 saturated heterocycles. The van der Waals surface area contributed by atoms with Gasteiger partial charge in [0.2, 0.25) is 5.91 Å². The molecule has 0 radical (unpaired) electrons. The van der Waals surface area contributed by atoms with Crippen LogP contribution in [0, 0.1) is 0 Å². The Morgan fingerprint density at radius 2 is 2.33 bits per heavy atom. The van der Waals surface area contributed by atoms with E-state index in [-0.39, 0.29) is 12.5 Å². The predicted molar refractivity (Wildman–Crippen MR) is 67.4 cm³/mol. The lowest BCUT2D eigenvalue weighted by molar-refractivity contribution is -0.131. The lowest BCUT2D eigenvalue weighted by Crippen LogP contribution is -2.30. The Bertz CT molecular complexity index is 522. The van der Waals surface area contributed by atoms with Crippen LogP contribution in [-0.4, -0.2) is 32.6 Å². The zero-order chi connectivity index (χ0) is 13.0. The van der Waals surface area contributed by atoms with Crippen LogP contribution < -0.4 is 5.73 Å². The molecule has 0 spiro atoms. The summed E-state index contributed by atoms with van der Waals surface area (Å²) in [7, 11) is 1.75. The van der Waals surface area contributed by atoms with Crippen LogP contribution in [0.4, 0.5) is 5.82 Å². The summed E-state index contributed by atoms with van der Waals surface area (Å²) in [5, 5.41) is 3.97. The van der Waals surface area contributed by atoms with Gasteiger partial charge in [-0.3, -0.25) is 14.5 Å². The average molecular weight is 245 g/mol. The van der Waals surface area contributed by atoms with Gasteiger partial charge in [0.05, 0.1) is 0 Å². The monoisotopic (exact) mass is 245 g/mol. The third kappa shape index (κ3) is 3.07. The van der Waals surface area contributed by atoms with Crippen molar-refractivity contribution in [1.82, 2.24) is 19.7 Å². The summed E-state index contributed by atoms with van der Waals surface area (Å²) in [5.74, 6) is 0.389. The molecule has 2 rings (SSSR count). The average Bonchev–Trinajstić information content (AvgIpc) is 2.76. The Labute approximate surface area is 105 Å². The molecular weight excluding hydrogens is 230 g/mol. The standard InChI is InChI=1S/C12H15N5O/c1-16(8-10-3-2-5-14-7-10)12(18)9-17-6-4-11(13)15-17/h2-7H,8-9H2,1H3,(H2,13,15). The van der Waals surface area contributed by atoms with Crippen molar-refractivity contribution in [3.63, 3.8) is 0 Å². The van der Waals surface area contributed by atoms with Gasteiger partial charge in [-0.2, -0.15) is 5.10 Å². The second-order valence-electron chi connectivity index (χ2n) is 4.05. The molecule has 2 heterocycles. The fraction of sp³-hybridized carbons (Fsp3) is 0.250. The fourth-order valence-electron chi connectivity index (χ4n) is 1.58. The highest BCUT2D eigenvalue weighted by Crippen LogP contribution is 2.02. The van der Waals surface area contributed by atoms with Crippen molar-refractivity contribution in [1.29, 1.82) is 0 Å². The molecule has 0 unspecified atom stereocenters. The van der Waals surface area contributed by atoms with Crippen molar-refractivity contribution in [2.45, 2.75) is 13.1 Å². The molecule has 0 fully saturated rings. The first kappa shape index (κ1) is 12.1. The Hall–Kier alpha value is -2.37. The van der Waals surface area contributed by atoms with E-state index < -0.39 is 0 Å². The lowest BCUT2D eigenvalue weighted by Gasteiger charge is -2.16. The summed E-state index contributed by atoms with van der Waals surface area (Å²) in [5.41, 5.74) is 6.48. The van der Waals surface area contributed by atoms with E-state index in [4.69, 9.17) is 5.73 Å². The van der Waals surface area contributed by atoms with Gasteiger partial charge in [-0.1, -0.05) is 6.07 Å². The van der Waals surface area contributed by atoms with Crippen LogP contribution in [0.2, 0.25) is 0 Å². The summed E-state index contributed by atoms with van der Waals surface area (Å²) < 4.78 is 1.53. The van der Waals surface area contributed by atoms with Crippen LogP contribution in [0.25, 0.3) is 0 Å². The van der Waals surface area contributed by atoms with Crippen LogP contribution in [0.3, 0.4) is 0 Å². The molecule has 1 amide bonds. The highest BCUT2D eigenvalue weighted by molar-refractivity contribution is 5.75. The molecule has 0 atom stereocenters. The summed E-state index contributed by atoms with van der Waals surface area (Å²) in [6.45, 7) is 0.720. The van der Waals surface area contributed by atoms with Crippen molar-refractivity contribution >= 4 is 11.7 Å². The number of carbonyl (C=O) groups is 1. The number of aromatic nitrogens is 3. The molecule has 0 saturated carbocycles. The third-order valence-electron chi connectivity index (χ3n) is 2.53. The fourth-order valence-corrected chi connectivity index (χ4v) is 1.58. The highest BCUT2D eigenvalue weighted by Gasteiger charge is 2.10. The van der Waals surface area contributed by atoms with Crippen molar-refractivity contribution in [2.24, 2.45) is 0 Å². The maximum absolute atomic E-state index is 11.9. The highest BCUT2D eigenvalue weighted by atomic mass is 16.2. The Balaban J connectivity index is 1.93. The number of pyridine rings is 1. The van der Waals surface area contributed by atoms with Gasteiger partial charge in [0.15, 0.2) is 0 Å². The molecule has 0 aliphatic carbocycles. The second-order valence-corrected chi connectivity index (χ2v) is 4.05. The molecule has 0 aliphatic heterocycles. The number of hydrogen-bond donors (Lipinski definition) is 1. The van der Waals surface area contributed by atoms with Crippen LogP contribution in [0.5, 0.6) is 0 Å². The zero-order valence-electron chi connectivity index (χ0n) is 10.2. The van der Waals surface area contributed by atoms with Gasteiger partial charge in [-0.15, -0.1) is 0 Å². The summed E-state index contributed by atoms with van der Waals surface area (Å²) in [6, 6.07) is 5.44. The van der Waals surface area contributed by atoms with Gasteiger partial charge in [0.25, 0.3) is 0 Å². The maximum Gasteiger partial charge on any atom is 0.244 e. The number of amides is 1. The van der Waals surface area contributed by atoms with Crippen molar-refractivity contribution in [3.05, 3.63) is 42.4 Å². The van der Waals surface area contributed by atoms with E-state index in [1.54, 1.807) is 36.6 Å². The third-order valence-corrected chi connectivity index (χ3v) is 2.53. The van der Waals surface area contributed by atoms with E-state index in [9.17, 15) is 4.79 Å². The minimum atomic E-state index is -0.0260. The molecule has 0 aromatic carbocycles. The van der Waals surface area contributed by atoms with Crippen molar-refractivity contribution in [2.75, 3.05) is 12.8 Å². The summed E-state index contributed by atoms with van der Waals surface area (Å²) in [4.78, 5) is 17.6. The van der Waals surface area contributed by atoms with Gasteiger partial charge in [0, 0.05) is 32.2 Å². The predicted octanol–water partition coefficient (Wildman–Crippen LogP) is 0.519. The number of hydrogen-bond acceptors (Lipinski definition) is 4. The Kier molecular flexibility index (Phi) is 3.57. The molecule has 94 valence electrons. The number of rotatable bonds is 4. The van der Waals surface area contributed by atoms with E-state index in [2.05, 4.69) is 10.1 Å². The van der Waals surface area contributed by atoms with Gasteiger partial charge < -0.3 is 10.6 Å². The van der Waals surface area contributed by atoms with Gasteiger partial charge in [0.1, 0.15) is 12.4 Å². The molecule has 18 heavy (non-hydrogen) atoms. The van der Waals surface area contributed by atoms with E-state index in [0.717, 1.165) is 5.56 Å². The molecule has 0 aliphatic rings. The second kappa shape index (κ2) is 5.31. The van der Waals surface area contributed by atoms with Gasteiger partial charge in [-0.05, 0) is 17.7 Å². The summed E-state index contributed by atoms with van der Waals surface area (Å²) in [6.07, 6.45) is 5.14. The molecule has 2 N–H and O–H groups in total. The molecule has 6 heteroatoms. The minimum Gasteiger partial charge on any atom is -0.382 e. The Morgan fingerprint density at radius 3 is 2.94 bits per heavy atom. The normalized spacial score (nSPS) is 10.3. The first-order valence-electron chi connectivity index (χ1n) is 5.57. The number of carbonyl (C=O) groups excluding carboxylic acids is 1. The van der Waals surface area contributed by atoms with Gasteiger partial charge >= 0.3 is 0 Å². The van der Waals surface area contributed by atoms with Crippen molar-refractivity contribution < 1.29 is 4.79 Å². The molecule has 2 aromatic rings. The van der Waals surface area contributed by atoms with Crippen LogP contribution in [0.1, 0.15) is 5.56 Å². The first-order chi connectivity index (χ1) is 8.65. The number of nitrogen functional groups attached to an aromatic ring is 1. The first-order valence-corrected chi connectivity index (χ1v) is 5.57. The zero-order valence-corrected chi connectivity index (χ0v) is 10.2. The molecule has 0 bridgehead atoms. The Morgan fingerprint density at radius 1 is 1.50 bits per heavy atom. The quantitative estimate of drug-likeness (QED) is 0.851. The van der Waals surface area contributed by atoms with Crippen LogP contribution in [0.15, 0.2) is 36.8 Å². The SMILES string of the molecule is CN(Cc1cccnc1)C(=O)Cn1ccc(N)n1. The topological polar surface area (TPSA) is 77.0 Å². The maximum atomic E-state index is 11.9. The largest absolute Gasteiger partial charge is 0.382 e. The van der Waals surface area contributed by atoms with Crippen LogP contribution in [-0.2, 0) is 17.9 Å². The minimum absolute atomic E-state index is 0.0260.